The zero-order valence-corrected chi connectivity index (χ0v) is 13.4. The first-order valence-electron chi connectivity index (χ1n) is 5.94. The summed E-state index contributed by atoms with van der Waals surface area (Å²) >= 11 is 5.21. The highest BCUT2D eigenvalue weighted by atomic mass is 79.9. The molecule has 4 heteroatoms. The molecule has 0 fully saturated rings. The predicted molar refractivity (Wildman–Crippen MR) is 78.6 cm³/mol. The van der Waals surface area contributed by atoms with Crippen LogP contribution in [0, 0.1) is 5.41 Å². The van der Waals surface area contributed by atoms with Crippen LogP contribution in [0.4, 0.5) is 0 Å². The van der Waals surface area contributed by atoms with Gasteiger partial charge in [0.1, 0.15) is 0 Å². The van der Waals surface area contributed by atoms with Crippen molar-refractivity contribution in [2.75, 3.05) is 6.61 Å². The Hall–Kier alpha value is 0.1000. The zero-order valence-electron chi connectivity index (χ0n) is 11.0. The minimum atomic E-state index is 0.0421. The molecular weight excluding hydrogens is 298 g/mol. The maximum Gasteiger partial charge on any atom is 0.0777 e. The molecule has 0 amide bonds. The van der Waals surface area contributed by atoms with Crippen LogP contribution >= 0.6 is 27.3 Å². The lowest BCUT2D eigenvalue weighted by Crippen LogP contribution is -2.46. The SMILES string of the molecule is CCOC(C(N)Cc1cc(Br)cs1)C(C)(C)C. The second-order valence-corrected chi connectivity index (χ2v) is 7.25. The lowest BCUT2D eigenvalue weighted by molar-refractivity contribution is -0.0272. The Labute approximate surface area is 117 Å². The van der Waals surface area contributed by atoms with Gasteiger partial charge in [-0.2, -0.15) is 0 Å². The second kappa shape index (κ2) is 6.32. The average Bonchev–Trinajstić information content (AvgIpc) is 2.58. The van der Waals surface area contributed by atoms with Crippen molar-refractivity contribution < 1.29 is 4.74 Å². The van der Waals surface area contributed by atoms with Gasteiger partial charge in [0.2, 0.25) is 0 Å². The van der Waals surface area contributed by atoms with Gasteiger partial charge in [-0.05, 0) is 40.8 Å². The quantitative estimate of drug-likeness (QED) is 0.895. The highest BCUT2D eigenvalue weighted by molar-refractivity contribution is 9.10. The summed E-state index contributed by atoms with van der Waals surface area (Å²) in [5.41, 5.74) is 6.37. The van der Waals surface area contributed by atoms with Crippen LogP contribution in [0.5, 0.6) is 0 Å². The number of nitrogens with two attached hydrogens (primary N) is 1. The molecule has 0 saturated heterocycles. The molecule has 1 aromatic rings. The minimum Gasteiger partial charge on any atom is -0.376 e. The van der Waals surface area contributed by atoms with E-state index in [1.807, 2.05) is 6.92 Å². The van der Waals surface area contributed by atoms with Gasteiger partial charge in [-0.25, -0.2) is 0 Å². The number of hydrogen-bond donors (Lipinski definition) is 1. The van der Waals surface area contributed by atoms with Crippen LogP contribution < -0.4 is 5.73 Å². The van der Waals surface area contributed by atoms with E-state index < -0.39 is 0 Å². The summed E-state index contributed by atoms with van der Waals surface area (Å²) in [6, 6.07) is 2.18. The van der Waals surface area contributed by atoms with Gasteiger partial charge < -0.3 is 10.5 Å². The molecular formula is C13H22BrNOS. The van der Waals surface area contributed by atoms with Crippen LogP contribution in [0.15, 0.2) is 15.9 Å². The van der Waals surface area contributed by atoms with Crippen molar-refractivity contribution in [2.45, 2.75) is 46.3 Å². The summed E-state index contributed by atoms with van der Waals surface area (Å²) in [6.45, 7) is 9.27. The van der Waals surface area contributed by atoms with E-state index in [0.717, 1.165) is 10.9 Å². The molecule has 0 aliphatic heterocycles. The molecule has 0 spiro atoms. The Balaban J connectivity index is 2.68. The molecule has 0 bridgehead atoms. The fraction of sp³-hybridized carbons (Fsp3) is 0.692. The monoisotopic (exact) mass is 319 g/mol. The molecule has 98 valence electrons. The molecule has 2 N–H and O–H groups in total. The van der Waals surface area contributed by atoms with Gasteiger partial charge >= 0.3 is 0 Å². The minimum absolute atomic E-state index is 0.0421. The van der Waals surface area contributed by atoms with Gasteiger partial charge in [-0.15, -0.1) is 11.3 Å². The first-order chi connectivity index (χ1) is 7.84. The van der Waals surface area contributed by atoms with E-state index in [0.29, 0.717) is 6.61 Å². The molecule has 17 heavy (non-hydrogen) atoms. The third-order valence-electron chi connectivity index (χ3n) is 2.65. The first kappa shape index (κ1) is 15.2. The van der Waals surface area contributed by atoms with Crippen LogP contribution in [0.3, 0.4) is 0 Å². The van der Waals surface area contributed by atoms with E-state index in [2.05, 4.69) is 48.1 Å². The second-order valence-electron chi connectivity index (χ2n) is 5.34. The van der Waals surface area contributed by atoms with E-state index in [1.54, 1.807) is 11.3 Å². The van der Waals surface area contributed by atoms with Crippen molar-refractivity contribution >= 4 is 27.3 Å². The fourth-order valence-corrected chi connectivity index (χ4v) is 3.52. The van der Waals surface area contributed by atoms with Gasteiger partial charge in [0.15, 0.2) is 0 Å². The van der Waals surface area contributed by atoms with Gasteiger partial charge in [0.05, 0.1) is 6.10 Å². The van der Waals surface area contributed by atoms with Crippen molar-refractivity contribution in [1.82, 2.24) is 0 Å². The lowest BCUT2D eigenvalue weighted by atomic mass is 9.83. The molecule has 2 atom stereocenters. The molecule has 0 radical (unpaired) electrons. The fourth-order valence-electron chi connectivity index (χ4n) is 2.00. The van der Waals surface area contributed by atoms with Crippen LogP contribution in [-0.2, 0) is 11.2 Å². The number of rotatable bonds is 5. The van der Waals surface area contributed by atoms with Gasteiger partial charge in [-0.1, -0.05) is 20.8 Å². The van der Waals surface area contributed by atoms with E-state index in [9.17, 15) is 0 Å². The van der Waals surface area contributed by atoms with Crippen LogP contribution in [0.1, 0.15) is 32.6 Å². The van der Waals surface area contributed by atoms with E-state index in [4.69, 9.17) is 10.5 Å². The summed E-state index contributed by atoms with van der Waals surface area (Å²) < 4.78 is 6.95. The summed E-state index contributed by atoms with van der Waals surface area (Å²) in [7, 11) is 0. The number of hydrogen-bond acceptors (Lipinski definition) is 3. The molecule has 1 rings (SSSR count). The van der Waals surface area contributed by atoms with E-state index in [1.165, 1.54) is 4.88 Å². The van der Waals surface area contributed by atoms with Crippen LogP contribution in [-0.4, -0.2) is 18.8 Å². The van der Waals surface area contributed by atoms with Crippen molar-refractivity contribution in [3.05, 3.63) is 20.8 Å². The van der Waals surface area contributed by atoms with Gasteiger partial charge in [0.25, 0.3) is 0 Å². The van der Waals surface area contributed by atoms with Crippen molar-refractivity contribution in [3.63, 3.8) is 0 Å². The zero-order chi connectivity index (χ0) is 13.1. The topological polar surface area (TPSA) is 35.2 Å². The van der Waals surface area contributed by atoms with Crippen LogP contribution in [0.2, 0.25) is 0 Å². The van der Waals surface area contributed by atoms with E-state index >= 15 is 0 Å². The van der Waals surface area contributed by atoms with E-state index in [-0.39, 0.29) is 17.6 Å². The molecule has 0 aliphatic carbocycles. The molecule has 1 aromatic heterocycles. The normalized spacial score (nSPS) is 15.9. The highest BCUT2D eigenvalue weighted by Crippen LogP contribution is 2.28. The molecule has 0 saturated carbocycles. The van der Waals surface area contributed by atoms with Crippen molar-refractivity contribution in [3.8, 4) is 0 Å². The standard InChI is InChI=1S/C13H22BrNOS/c1-5-16-12(13(2,3)4)11(15)7-10-6-9(14)8-17-10/h6,8,11-12H,5,7,15H2,1-4H3. The Kier molecular flexibility index (Phi) is 5.64. The van der Waals surface area contributed by atoms with Crippen molar-refractivity contribution in [1.29, 1.82) is 0 Å². The molecule has 2 nitrogen and oxygen atoms in total. The number of ether oxygens (including phenoxy) is 1. The Morgan fingerprint density at radius 1 is 1.47 bits per heavy atom. The number of thiophene rings is 1. The Morgan fingerprint density at radius 3 is 2.53 bits per heavy atom. The maximum atomic E-state index is 6.30. The molecule has 1 heterocycles. The third-order valence-corrected chi connectivity index (χ3v) is 4.37. The third kappa shape index (κ3) is 4.70. The molecule has 2 unspecified atom stereocenters. The van der Waals surface area contributed by atoms with Gasteiger partial charge in [-0.3, -0.25) is 0 Å². The largest absolute Gasteiger partial charge is 0.376 e. The maximum absolute atomic E-state index is 6.30. The molecule has 0 aliphatic rings. The summed E-state index contributed by atoms with van der Waals surface area (Å²) in [4.78, 5) is 1.30. The highest BCUT2D eigenvalue weighted by Gasteiger charge is 2.30. The average molecular weight is 320 g/mol. The van der Waals surface area contributed by atoms with Crippen LogP contribution in [0.25, 0.3) is 0 Å². The van der Waals surface area contributed by atoms with Crippen molar-refractivity contribution in [2.24, 2.45) is 11.1 Å². The summed E-state index contributed by atoms with van der Waals surface area (Å²) in [5.74, 6) is 0. The summed E-state index contributed by atoms with van der Waals surface area (Å²) in [6.07, 6.45) is 0.964. The number of halogens is 1. The first-order valence-corrected chi connectivity index (χ1v) is 7.62. The predicted octanol–water partition coefficient (Wildman–Crippen LogP) is 3.83. The van der Waals surface area contributed by atoms with Gasteiger partial charge in [0, 0.05) is 27.4 Å². The Morgan fingerprint density at radius 2 is 2.12 bits per heavy atom. The Bertz CT molecular complexity index is 345. The molecule has 0 aromatic carbocycles. The summed E-state index contributed by atoms with van der Waals surface area (Å²) in [5, 5.41) is 2.09. The lowest BCUT2D eigenvalue weighted by Gasteiger charge is -2.34. The smallest absolute Gasteiger partial charge is 0.0777 e.